The first-order valence-electron chi connectivity index (χ1n) is 11.7. The summed E-state index contributed by atoms with van der Waals surface area (Å²) in [6.07, 6.45) is 7.18. The highest BCUT2D eigenvalue weighted by Crippen LogP contribution is 2.25. The van der Waals surface area contributed by atoms with Crippen molar-refractivity contribution in [3.63, 3.8) is 0 Å². The van der Waals surface area contributed by atoms with E-state index in [1.54, 1.807) is 0 Å². The van der Waals surface area contributed by atoms with Gasteiger partial charge in [-0.1, -0.05) is 6.92 Å². The summed E-state index contributed by atoms with van der Waals surface area (Å²) < 4.78 is 16.6. The van der Waals surface area contributed by atoms with Crippen LogP contribution in [-0.4, -0.2) is 79.8 Å². The van der Waals surface area contributed by atoms with Crippen LogP contribution in [0.2, 0.25) is 0 Å². The Bertz CT molecular complexity index is 623. The maximum Gasteiger partial charge on any atom is 0.229 e. The molecule has 10 heteroatoms. The molecule has 1 saturated carbocycles. The number of ether oxygens (including phenoxy) is 3. The first kappa shape index (κ1) is 23.9. The molecule has 2 heterocycles. The van der Waals surface area contributed by atoms with Crippen molar-refractivity contribution in [3.05, 3.63) is 0 Å². The van der Waals surface area contributed by atoms with Crippen LogP contribution in [0.5, 0.6) is 0 Å². The number of hydrogen-bond acceptors (Lipinski definition) is 10. The van der Waals surface area contributed by atoms with Crippen molar-refractivity contribution in [2.45, 2.75) is 57.6 Å². The molecule has 0 amide bonds. The summed E-state index contributed by atoms with van der Waals surface area (Å²) >= 11 is 0. The van der Waals surface area contributed by atoms with E-state index in [9.17, 15) is 0 Å². The number of nitrogens with two attached hydrogens (primary N) is 1. The van der Waals surface area contributed by atoms with E-state index >= 15 is 0 Å². The Morgan fingerprint density at radius 3 is 2.32 bits per heavy atom. The SMILES string of the molecule is CC1CCC(Nc2nc(NCCOCCOCCN)nc(NCC3CCCO3)n2)CC1. The molecule has 1 unspecified atom stereocenters. The summed E-state index contributed by atoms with van der Waals surface area (Å²) in [5.41, 5.74) is 5.39. The average molecular weight is 438 g/mol. The maximum absolute atomic E-state index is 5.69. The second-order valence-corrected chi connectivity index (χ2v) is 8.36. The third-order valence-corrected chi connectivity index (χ3v) is 5.66. The van der Waals surface area contributed by atoms with Crippen LogP contribution in [0.1, 0.15) is 45.4 Å². The quantitative estimate of drug-likeness (QED) is 0.320. The van der Waals surface area contributed by atoms with Crippen LogP contribution in [0.25, 0.3) is 0 Å². The van der Waals surface area contributed by atoms with Gasteiger partial charge >= 0.3 is 0 Å². The number of hydrogen-bond donors (Lipinski definition) is 4. The molecular weight excluding hydrogens is 398 g/mol. The van der Waals surface area contributed by atoms with Crippen LogP contribution in [-0.2, 0) is 14.2 Å². The molecule has 1 atom stereocenters. The summed E-state index contributed by atoms with van der Waals surface area (Å²) in [5.74, 6) is 2.52. The Balaban J connectivity index is 1.50. The lowest BCUT2D eigenvalue weighted by molar-refractivity contribution is 0.0547. The second-order valence-electron chi connectivity index (χ2n) is 8.36. The molecule has 0 aromatic carbocycles. The summed E-state index contributed by atoms with van der Waals surface area (Å²) in [6, 6.07) is 0.411. The number of anilines is 3. The molecular formula is C21H39N7O3. The van der Waals surface area contributed by atoms with Crippen molar-refractivity contribution < 1.29 is 14.2 Å². The number of rotatable bonds is 14. The average Bonchev–Trinajstić information content (AvgIpc) is 3.29. The molecule has 0 radical (unpaired) electrons. The van der Waals surface area contributed by atoms with Gasteiger partial charge in [0.2, 0.25) is 17.8 Å². The summed E-state index contributed by atoms with van der Waals surface area (Å²) in [6.45, 7) is 7.18. The molecule has 1 aliphatic heterocycles. The molecule has 1 saturated heterocycles. The van der Waals surface area contributed by atoms with Crippen LogP contribution in [0.4, 0.5) is 17.8 Å². The fourth-order valence-electron chi connectivity index (χ4n) is 3.84. The van der Waals surface area contributed by atoms with E-state index in [2.05, 4.69) is 37.8 Å². The lowest BCUT2D eigenvalue weighted by Crippen LogP contribution is -2.27. The lowest BCUT2D eigenvalue weighted by Gasteiger charge is -2.27. The number of nitrogens with zero attached hydrogens (tertiary/aromatic N) is 3. The van der Waals surface area contributed by atoms with E-state index < -0.39 is 0 Å². The Labute approximate surface area is 185 Å². The van der Waals surface area contributed by atoms with Gasteiger partial charge < -0.3 is 35.9 Å². The van der Waals surface area contributed by atoms with E-state index in [1.165, 1.54) is 12.8 Å². The van der Waals surface area contributed by atoms with Gasteiger partial charge in [-0.25, -0.2) is 0 Å². The highest BCUT2D eigenvalue weighted by molar-refractivity contribution is 5.42. The molecule has 1 aliphatic carbocycles. The van der Waals surface area contributed by atoms with E-state index in [4.69, 9.17) is 19.9 Å². The third kappa shape index (κ3) is 9.10. The molecule has 0 spiro atoms. The van der Waals surface area contributed by atoms with Gasteiger partial charge in [-0.15, -0.1) is 0 Å². The van der Waals surface area contributed by atoms with Crippen LogP contribution >= 0.6 is 0 Å². The minimum absolute atomic E-state index is 0.222. The van der Waals surface area contributed by atoms with Crippen molar-refractivity contribution in [2.24, 2.45) is 11.7 Å². The second kappa shape index (κ2) is 13.6. The van der Waals surface area contributed by atoms with Crippen molar-refractivity contribution in [1.82, 2.24) is 15.0 Å². The monoisotopic (exact) mass is 437 g/mol. The third-order valence-electron chi connectivity index (χ3n) is 5.66. The largest absolute Gasteiger partial charge is 0.378 e. The molecule has 31 heavy (non-hydrogen) atoms. The first-order chi connectivity index (χ1) is 15.2. The summed E-state index contributed by atoms with van der Waals surface area (Å²) in [4.78, 5) is 13.7. The summed E-state index contributed by atoms with van der Waals surface area (Å²) in [5, 5.41) is 10.1. The smallest absolute Gasteiger partial charge is 0.229 e. The minimum Gasteiger partial charge on any atom is -0.378 e. The van der Waals surface area contributed by atoms with Gasteiger partial charge in [-0.3, -0.25) is 0 Å². The van der Waals surface area contributed by atoms with Gasteiger partial charge in [-0.05, 0) is 44.4 Å². The van der Waals surface area contributed by atoms with Crippen LogP contribution < -0.4 is 21.7 Å². The predicted molar refractivity (Wildman–Crippen MR) is 122 cm³/mol. The molecule has 1 aromatic rings. The molecule has 176 valence electrons. The Morgan fingerprint density at radius 2 is 1.61 bits per heavy atom. The topological polar surface area (TPSA) is 128 Å². The van der Waals surface area contributed by atoms with Gasteiger partial charge in [0.05, 0.1) is 32.5 Å². The highest BCUT2D eigenvalue weighted by Gasteiger charge is 2.20. The van der Waals surface area contributed by atoms with E-state index in [1.807, 2.05) is 0 Å². The molecule has 5 N–H and O–H groups in total. The van der Waals surface area contributed by atoms with Gasteiger partial charge in [0, 0.05) is 32.3 Å². The Hall–Kier alpha value is -1.75. The molecule has 3 rings (SSSR count). The van der Waals surface area contributed by atoms with Crippen molar-refractivity contribution in [1.29, 1.82) is 0 Å². The lowest BCUT2D eigenvalue weighted by atomic mass is 9.87. The minimum atomic E-state index is 0.222. The fourth-order valence-corrected chi connectivity index (χ4v) is 3.84. The van der Waals surface area contributed by atoms with Crippen molar-refractivity contribution in [2.75, 3.05) is 68.6 Å². The van der Waals surface area contributed by atoms with Gasteiger partial charge in [0.15, 0.2) is 0 Å². The van der Waals surface area contributed by atoms with Crippen LogP contribution in [0.3, 0.4) is 0 Å². The number of aromatic nitrogens is 3. The molecule has 0 bridgehead atoms. The van der Waals surface area contributed by atoms with E-state index in [0.717, 1.165) is 38.2 Å². The zero-order chi connectivity index (χ0) is 21.7. The normalized spacial score (nSPS) is 23.6. The molecule has 10 nitrogen and oxygen atoms in total. The summed E-state index contributed by atoms with van der Waals surface area (Å²) in [7, 11) is 0. The van der Waals surface area contributed by atoms with Gasteiger partial charge in [-0.2, -0.15) is 15.0 Å². The molecule has 1 aromatic heterocycles. The fraction of sp³-hybridized carbons (Fsp3) is 0.857. The zero-order valence-electron chi connectivity index (χ0n) is 18.8. The Morgan fingerprint density at radius 1 is 0.903 bits per heavy atom. The van der Waals surface area contributed by atoms with Gasteiger partial charge in [0.1, 0.15) is 0 Å². The van der Waals surface area contributed by atoms with E-state index in [-0.39, 0.29) is 6.10 Å². The van der Waals surface area contributed by atoms with Gasteiger partial charge in [0.25, 0.3) is 0 Å². The standard InChI is InChI=1S/C21H39N7O3/c1-16-4-6-17(7-5-16)25-21-27-19(23-9-12-30-14-13-29-11-8-22)26-20(28-21)24-15-18-3-2-10-31-18/h16-18H,2-15,22H2,1H3,(H3,23,24,25,26,27,28). The first-order valence-corrected chi connectivity index (χ1v) is 11.7. The molecule has 2 fully saturated rings. The van der Waals surface area contributed by atoms with Crippen LogP contribution in [0.15, 0.2) is 0 Å². The Kier molecular flexibility index (Phi) is 10.5. The van der Waals surface area contributed by atoms with Crippen molar-refractivity contribution >= 4 is 17.8 Å². The van der Waals surface area contributed by atoms with Crippen molar-refractivity contribution in [3.8, 4) is 0 Å². The highest BCUT2D eigenvalue weighted by atomic mass is 16.5. The zero-order valence-corrected chi connectivity index (χ0v) is 18.8. The van der Waals surface area contributed by atoms with E-state index in [0.29, 0.717) is 69.9 Å². The number of nitrogens with one attached hydrogen (secondary N) is 3. The molecule has 2 aliphatic rings. The van der Waals surface area contributed by atoms with Crippen LogP contribution in [0, 0.1) is 5.92 Å². The predicted octanol–water partition coefficient (Wildman–Crippen LogP) is 1.86. The maximum atomic E-state index is 5.69.